The van der Waals surface area contributed by atoms with Crippen LogP contribution in [0.5, 0.6) is 5.75 Å². The van der Waals surface area contributed by atoms with Crippen molar-refractivity contribution in [2.24, 2.45) is 5.92 Å². The van der Waals surface area contributed by atoms with Crippen LogP contribution in [-0.4, -0.2) is 29.8 Å². The quantitative estimate of drug-likeness (QED) is 0.809. The van der Waals surface area contributed by atoms with Gasteiger partial charge in [0.05, 0.1) is 23.9 Å². The van der Waals surface area contributed by atoms with Gasteiger partial charge >= 0.3 is 0 Å². The Bertz CT molecular complexity index is 847. The van der Waals surface area contributed by atoms with Crippen molar-refractivity contribution >= 4 is 28.6 Å². The van der Waals surface area contributed by atoms with Crippen molar-refractivity contribution in [3.63, 3.8) is 0 Å². The first-order valence-corrected chi connectivity index (χ1v) is 9.90. The van der Waals surface area contributed by atoms with Crippen LogP contribution in [0.25, 0.3) is 10.9 Å². The number of hydrogen-bond acceptors (Lipinski definition) is 5. The molecule has 0 saturated heterocycles. The first-order chi connectivity index (χ1) is 12.6. The van der Waals surface area contributed by atoms with Crippen molar-refractivity contribution in [3.05, 3.63) is 29.8 Å². The first-order valence-electron chi connectivity index (χ1n) is 8.91. The Hall–Kier alpha value is -2.26. The number of hydrogen-bond donors (Lipinski definition) is 1. The highest BCUT2D eigenvalue weighted by Gasteiger charge is 2.23. The van der Waals surface area contributed by atoms with Crippen molar-refractivity contribution in [1.82, 2.24) is 10.3 Å². The number of aromatic nitrogens is 1. The number of amides is 1. The minimum atomic E-state index is 0.00480. The van der Waals surface area contributed by atoms with Gasteiger partial charge in [-0.15, -0.1) is 0 Å². The second kappa shape index (κ2) is 8.41. The van der Waals surface area contributed by atoms with Crippen LogP contribution in [0.15, 0.2) is 29.3 Å². The standard InChI is InChI=1S/C20H23N3O2S/c1-13-5-3-4-6-17(13)22-19(24)12-26-20-15(11-21)9-14-7-8-16(25-2)10-18(14)23-20/h7-10,13,17H,3-6,12H2,1-2H3,(H,22,24)/t13-,17-/m0/s1. The van der Waals surface area contributed by atoms with Crippen molar-refractivity contribution in [2.75, 3.05) is 12.9 Å². The summed E-state index contributed by atoms with van der Waals surface area (Å²) >= 11 is 1.31. The molecule has 3 rings (SSSR count). The Morgan fingerprint density at radius 2 is 2.19 bits per heavy atom. The lowest BCUT2D eigenvalue weighted by atomic mass is 9.86. The summed E-state index contributed by atoms with van der Waals surface area (Å²) < 4.78 is 5.24. The summed E-state index contributed by atoms with van der Waals surface area (Å²) in [7, 11) is 1.61. The number of ether oxygens (including phenoxy) is 1. The number of fused-ring (bicyclic) bond motifs is 1. The van der Waals surface area contributed by atoms with E-state index >= 15 is 0 Å². The van der Waals surface area contributed by atoms with E-state index in [0.717, 1.165) is 23.1 Å². The topological polar surface area (TPSA) is 75.0 Å². The van der Waals surface area contributed by atoms with Gasteiger partial charge in [0.15, 0.2) is 0 Å². The third-order valence-corrected chi connectivity index (χ3v) is 5.90. The Morgan fingerprint density at radius 1 is 1.38 bits per heavy atom. The molecule has 1 saturated carbocycles. The minimum absolute atomic E-state index is 0.00480. The summed E-state index contributed by atoms with van der Waals surface area (Å²) in [4.78, 5) is 16.9. The molecule has 0 aliphatic heterocycles. The van der Waals surface area contributed by atoms with Gasteiger partial charge in [-0.2, -0.15) is 5.26 Å². The predicted octanol–water partition coefficient (Wildman–Crippen LogP) is 3.90. The molecule has 0 spiro atoms. The monoisotopic (exact) mass is 369 g/mol. The van der Waals surface area contributed by atoms with E-state index in [1.54, 1.807) is 7.11 Å². The van der Waals surface area contributed by atoms with Crippen LogP contribution in [0.4, 0.5) is 0 Å². The number of nitrogens with zero attached hydrogens (tertiary/aromatic N) is 2. The van der Waals surface area contributed by atoms with Crippen LogP contribution >= 0.6 is 11.8 Å². The molecule has 6 heteroatoms. The molecule has 2 atom stereocenters. The molecule has 1 heterocycles. The summed E-state index contributed by atoms with van der Waals surface area (Å²) in [5.74, 6) is 1.51. The molecule has 1 aromatic heterocycles. The summed E-state index contributed by atoms with van der Waals surface area (Å²) in [5, 5.41) is 14.0. The van der Waals surface area contributed by atoms with E-state index in [9.17, 15) is 10.1 Å². The number of thioether (sulfide) groups is 1. The lowest BCUT2D eigenvalue weighted by Crippen LogP contribution is -2.41. The summed E-state index contributed by atoms with van der Waals surface area (Å²) in [6.45, 7) is 2.20. The Balaban J connectivity index is 1.71. The zero-order chi connectivity index (χ0) is 18.5. The number of carbonyl (C=O) groups is 1. The van der Waals surface area contributed by atoms with Crippen LogP contribution in [0, 0.1) is 17.2 Å². The van der Waals surface area contributed by atoms with Gasteiger partial charge in [-0.25, -0.2) is 4.98 Å². The van der Waals surface area contributed by atoms with Gasteiger partial charge in [-0.05, 0) is 37.0 Å². The van der Waals surface area contributed by atoms with Gasteiger partial charge < -0.3 is 10.1 Å². The summed E-state index contributed by atoms with van der Waals surface area (Å²) in [6.07, 6.45) is 4.65. The second-order valence-corrected chi connectivity index (χ2v) is 7.70. The van der Waals surface area contributed by atoms with E-state index in [1.807, 2.05) is 24.3 Å². The number of pyridine rings is 1. The number of nitrogens with one attached hydrogen (secondary N) is 1. The second-order valence-electron chi connectivity index (χ2n) is 6.74. The fourth-order valence-corrected chi connectivity index (χ4v) is 4.13. The normalized spacial score (nSPS) is 19.7. The molecule has 0 radical (unpaired) electrons. The zero-order valence-corrected chi connectivity index (χ0v) is 15.9. The SMILES string of the molecule is COc1ccc2cc(C#N)c(SCC(=O)N[C@H]3CCCC[C@@H]3C)nc2c1. The highest BCUT2D eigenvalue weighted by atomic mass is 32.2. The largest absolute Gasteiger partial charge is 0.497 e. The number of benzene rings is 1. The van der Waals surface area contributed by atoms with Crippen molar-refractivity contribution < 1.29 is 9.53 Å². The zero-order valence-electron chi connectivity index (χ0n) is 15.1. The molecule has 0 bridgehead atoms. The molecule has 1 aliphatic carbocycles. The van der Waals surface area contributed by atoms with Gasteiger partial charge in [0.25, 0.3) is 0 Å². The van der Waals surface area contributed by atoms with Crippen LogP contribution in [0.2, 0.25) is 0 Å². The summed E-state index contributed by atoms with van der Waals surface area (Å²) in [5.41, 5.74) is 1.25. The van der Waals surface area contributed by atoms with E-state index in [2.05, 4.69) is 23.3 Å². The minimum Gasteiger partial charge on any atom is -0.497 e. The van der Waals surface area contributed by atoms with Crippen molar-refractivity contribution in [3.8, 4) is 11.8 Å². The molecule has 136 valence electrons. The summed E-state index contributed by atoms with van der Waals surface area (Å²) in [6, 6.07) is 9.82. The molecule has 0 unspecified atom stereocenters. The van der Waals surface area contributed by atoms with E-state index in [0.29, 0.717) is 16.5 Å². The van der Waals surface area contributed by atoms with E-state index in [4.69, 9.17) is 4.74 Å². The lowest BCUT2D eigenvalue weighted by molar-refractivity contribution is -0.119. The Labute approximate surface area is 158 Å². The van der Waals surface area contributed by atoms with Crippen LogP contribution in [0.1, 0.15) is 38.2 Å². The molecule has 1 amide bonds. The number of nitriles is 1. The maximum atomic E-state index is 12.3. The predicted molar refractivity (Wildman–Crippen MR) is 103 cm³/mol. The fraction of sp³-hybridized carbons (Fsp3) is 0.450. The molecule has 1 aliphatic rings. The van der Waals surface area contributed by atoms with Gasteiger partial charge in [0.2, 0.25) is 5.91 Å². The van der Waals surface area contributed by atoms with Gasteiger partial charge in [-0.3, -0.25) is 4.79 Å². The maximum absolute atomic E-state index is 12.3. The maximum Gasteiger partial charge on any atom is 0.230 e. The molecule has 1 aromatic carbocycles. The smallest absolute Gasteiger partial charge is 0.230 e. The number of carbonyl (C=O) groups excluding carboxylic acids is 1. The third kappa shape index (κ3) is 4.28. The Morgan fingerprint density at radius 3 is 2.92 bits per heavy atom. The fourth-order valence-electron chi connectivity index (χ4n) is 3.36. The highest BCUT2D eigenvalue weighted by Crippen LogP contribution is 2.27. The number of rotatable bonds is 5. The van der Waals surface area contributed by atoms with E-state index in [1.165, 1.54) is 31.0 Å². The highest BCUT2D eigenvalue weighted by molar-refractivity contribution is 8.00. The van der Waals surface area contributed by atoms with Gasteiger partial charge in [0.1, 0.15) is 16.8 Å². The average Bonchev–Trinajstić information content (AvgIpc) is 2.66. The van der Waals surface area contributed by atoms with Crippen molar-refractivity contribution in [1.29, 1.82) is 5.26 Å². The molecular formula is C20H23N3O2S. The number of methoxy groups -OCH3 is 1. The van der Waals surface area contributed by atoms with Gasteiger partial charge in [0, 0.05) is 17.5 Å². The molecule has 5 nitrogen and oxygen atoms in total. The molecule has 2 aromatic rings. The van der Waals surface area contributed by atoms with E-state index < -0.39 is 0 Å². The molecule has 1 fully saturated rings. The molecular weight excluding hydrogens is 346 g/mol. The van der Waals surface area contributed by atoms with Crippen molar-refractivity contribution in [2.45, 2.75) is 43.7 Å². The first kappa shape index (κ1) is 18.5. The van der Waals surface area contributed by atoms with Crippen LogP contribution in [0.3, 0.4) is 0 Å². The molecule has 26 heavy (non-hydrogen) atoms. The van der Waals surface area contributed by atoms with E-state index in [-0.39, 0.29) is 17.7 Å². The van der Waals surface area contributed by atoms with Gasteiger partial charge in [-0.1, -0.05) is 31.5 Å². The average molecular weight is 369 g/mol. The third-order valence-electron chi connectivity index (χ3n) is 4.91. The molecule has 1 N–H and O–H groups in total. The Kier molecular flexibility index (Phi) is 6.00. The van der Waals surface area contributed by atoms with Crippen LogP contribution in [-0.2, 0) is 4.79 Å². The lowest BCUT2D eigenvalue weighted by Gasteiger charge is -2.29. The van der Waals surface area contributed by atoms with Crippen LogP contribution < -0.4 is 10.1 Å².